The molecule has 6 nitrogen and oxygen atoms in total. The van der Waals surface area contributed by atoms with Gasteiger partial charge in [0, 0.05) is 11.3 Å². The fourth-order valence-corrected chi connectivity index (χ4v) is 4.17. The lowest BCUT2D eigenvalue weighted by atomic mass is 10.1. The highest BCUT2D eigenvalue weighted by atomic mass is 32.2. The van der Waals surface area contributed by atoms with Gasteiger partial charge in [-0.15, -0.1) is 0 Å². The molecule has 2 aromatic rings. The number of nitrogens with zero attached hydrogens (tertiary/aromatic N) is 3. The van der Waals surface area contributed by atoms with Gasteiger partial charge in [-0.3, -0.25) is 14.6 Å². The minimum absolute atomic E-state index is 0.0813. The summed E-state index contributed by atoms with van der Waals surface area (Å²) in [6, 6.07) is 16.5. The SMILES string of the molecule is CC(C)[C@H]1N=C2c3ccccc3N=C(S[C@@H](C)C(=O)Nc3ccccc3)N2C1=O. The number of carbonyl (C=O) groups excluding carboxylic acids is 2. The third-order valence-electron chi connectivity index (χ3n) is 4.82. The zero-order valence-corrected chi connectivity index (χ0v) is 17.3. The Kier molecular flexibility index (Phi) is 5.24. The van der Waals surface area contributed by atoms with Crippen LogP contribution < -0.4 is 5.32 Å². The number of fused-ring (bicyclic) bond motifs is 3. The van der Waals surface area contributed by atoms with Crippen LogP contribution >= 0.6 is 11.8 Å². The van der Waals surface area contributed by atoms with Crippen molar-refractivity contribution < 1.29 is 9.59 Å². The van der Waals surface area contributed by atoms with Crippen molar-refractivity contribution in [2.75, 3.05) is 5.32 Å². The molecule has 0 saturated carbocycles. The van der Waals surface area contributed by atoms with Crippen molar-refractivity contribution in [1.29, 1.82) is 0 Å². The molecule has 0 saturated heterocycles. The average Bonchev–Trinajstić information content (AvgIpc) is 3.07. The zero-order valence-electron chi connectivity index (χ0n) is 16.5. The molecule has 0 aromatic heterocycles. The Balaban J connectivity index is 1.61. The molecule has 1 N–H and O–H groups in total. The summed E-state index contributed by atoms with van der Waals surface area (Å²) >= 11 is 1.27. The standard InChI is InChI=1S/C22H22N4O2S/c1-13(2)18-21(28)26-19(25-18)16-11-7-8-12-17(16)24-22(26)29-14(3)20(27)23-15-9-5-4-6-10-15/h4-14,18H,1-3H3,(H,23,27)/t14-,18+/m0/s1. The van der Waals surface area contributed by atoms with E-state index in [9.17, 15) is 9.59 Å². The summed E-state index contributed by atoms with van der Waals surface area (Å²) in [5.41, 5.74) is 2.34. The van der Waals surface area contributed by atoms with Crippen LogP contribution in [0.2, 0.25) is 0 Å². The first-order valence-corrected chi connectivity index (χ1v) is 10.5. The number of hydrogen-bond donors (Lipinski definition) is 1. The fourth-order valence-electron chi connectivity index (χ4n) is 3.26. The Bertz CT molecular complexity index is 1020. The summed E-state index contributed by atoms with van der Waals surface area (Å²) in [6.07, 6.45) is 0. The second-order valence-electron chi connectivity index (χ2n) is 7.34. The summed E-state index contributed by atoms with van der Waals surface area (Å²) in [7, 11) is 0. The van der Waals surface area contributed by atoms with E-state index >= 15 is 0 Å². The second-order valence-corrected chi connectivity index (χ2v) is 8.65. The first kappa shape index (κ1) is 19.4. The summed E-state index contributed by atoms with van der Waals surface area (Å²) in [6.45, 7) is 5.77. The number of anilines is 1. The lowest BCUT2D eigenvalue weighted by Crippen LogP contribution is -2.43. The van der Waals surface area contributed by atoms with Crippen LogP contribution in [0, 0.1) is 5.92 Å². The Morgan fingerprint density at radius 1 is 1.07 bits per heavy atom. The lowest BCUT2D eigenvalue weighted by Gasteiger charge is -2.27. The minimum Gasteiger partial charge on any atom is -0.325 e. The van der Waals surface area contributed by atoms with Crippen LogP contribution in [0.1, 0.15) is 26.3 Å². The van der Waals surface area contributed by atoms with Crippen molar-refractivity contribution >= 4 is 46.0 Å². The lowest BCUT2D eigenvalue weighted by molar-refractivity contribution is -0.125. The van der Waals surface area contributed by atoms with Crippen molar-refractivity contribution in [3.63, 3.8) is 0 Å². The van der Waals surface area contributed by atoms with Gasteiger partial charge in [0.05, 0.1) is 10.9 Å². The number of thioether (sulfide) groups is 1. The van der Waals surface area contributed by atoms with E-state index in [1.807, 2.05) is 75.4 Å². The predicted octanol–water partition coefficient (Wildman–Crippen LogP) is 4.06. The molecule has 0 fully saturated rings. The molecule has 2 aliphatic heterocycles. The Morgan fingerprint density at radius 3 is 2.48 bits per heavy atom. The molecule has 29 heavy (non-hydrogen) atoms. The van der Waals surface area contributed by atoms with E-state index in [0.29, 0.717) is 11.0 Å². The number of benzene rings is 2. The third kappa shape index (κ3) is 3.70. The molecule has 2 amide bonds. The minimum atomic E-state index is -0.439. The highest BCUT2D eigenvalue weighted by Crippen LogP contribution is 2.35. The fraction of sp³-hybridized carbons (Fsp3) is 0.273. The van der Waals surface area contributed by atoms with Gasteiger partial charge in [0.2, 0.25) is 5.91 Å². The van der Waals surface area contributed by atoms with Crippen LogP contribution in [0.5, 0.6) is 0 Å². The van der Waals surface area contributed by atoms with Gasteiger partial charge >= 0.3 is 0 Å². The molecular weight excluding hydrogens is 384 g/mol. The van der Waals surface area contributed by atoms with E-state index in [1.165, 1.54) is 11.8 Å². The number of carbonyl (C=O) groups is 2. The van der Waals surface area contributed by atoms with Crippen molar-refractivity contribution in [3.05, 3.63) is 60.2 Å². The summed E-state index contributed by atoms with van der Waals surface area (Å²) in [5, 5.41) is 2.95. The molecule has 2 aliphatic rings. The number of hydrogen-bond acceptors (Lipinski definition) is 5. The smallest absolute Gasteiger partial charge is 0.259 e. The topological polar surface area (TPSA) is 74.1 Å². The molecule has 0 aliphatic carbocycles. The Morgan fingerprint density at radius 2 is 1.76 bits per heavy atom. The van der Waals surface area contributed by atoms with E-state index < -0.39 is 11.3 Å². The van der Waals surface area contributed by atoms with E-state index in [1.54, 1.807) is 4.90 Å². The second kappa shape index (κ2) is 7.83. The number of amidine groups is 2. The van der Waals surface area contributed by atoms with Crippen LogP contribution in [0.4, 0.5) is 11.4 Å². The van der Waals surface area contributed by atoms with Crippen LogP contribution in [-0.2, 0) is 9.59 Å². The largest absolute Gasteiger partial charge is 0.325 e. The van der Waals surface area contributed by atoms with E-state index in [4.69, 9.17) is 4.99 Å². The number of nitrogens with one attached hydrogen (secondary N) is 1. The normalized spacial score (nSPS) is 18.7. The molecule has 0 bridgehead atoms. The molecule has 148 valence electrons. The summed E-state index contributed by atoms with van der Waals surface area (Å²) in [5.74, 6) is 0.468. The third-order valence-corrected chi connectivity index (χ3v) is 5.88. The van der Waals surface area contributed by atoms with E-state index in [0.717, 1.165) is 16.9 Å². The number of amides is 2. The van der Waals surface area contributed by atoms with Gasteiger partial charge < -0.3 is 5.32 Å². The van der Waals surface area contributed by atoms with E-state index in [2.05, 4.69) is 10.3 Å². The maximum Gasteiger partial charge on any atom is 0.259 e. The molecule has 7 heteroatoms. The van der Waals surface area contributed by atoms with Crippen LogP contribution in [0.15, 0.2) is 64.6 Å². The molecule has 4 rings (SSSR count). The number of para-hydroxylation sites is 2. The summed E-state index contributed by atoms with van der Waals surface area (Å²) < 4.78 is 0. The molecule has 2 atom stereocenters. The van der Waals surface area contributed by atoms with Crippen molar-refractivity contribution in [1.82, 2.24) is 4.90 Å². The molecule has 2 heterocycles. The van der Waals surface area contributed by atoms with Crippen molar-refractivity contribution in [2.24, 2.45) is 15.9 Å². The highest BCUT2D eigenvalue weighted by Gasteiger charge is 2.43. The van der Waals surface area contributed by atoms with Crippen LogP contribution in [0.3, 0.4) is 0 Å². The first-order chi connectivity index (χ1) is 14.0. The van der Waals surface area contributed by atoms with Gasteiger partial charge in [0.25, 0.3) is 5.91 Å². The molecule has 0 radical (unpaired) electrons. The van der Waals surface area contributed by atoms with Crippen molar-refractivity contribution in [2.45, 2.75) is 32.1 Å². The molecule has 2 aromatic carbocycles. The van der Waals surface area contributed by atoms with Gasteiger partial charge in [-0.25, -0.2) is 9.89 Å². The predicted molar refractivity (Wildman–Crippen MR) is 118 cm³/mol. The van der Waals surface area contributed by atoms with Gasteiger partial charge in [-0.05, 0) is 37.1 Å². The van der Waals surface area contributed by atoms with E-state index in [-0.39, 0.29) is 17.7 Å². The Labute approximate surface area is 174 Å². The van der Waals surface area contributed by atoms with Gasteiger partial charge in [0.1, 0.15) is 11.9 Å². The maximum absolute atomic E-state index is 13.1. The average molecular weight is 407 g/mol. The number of aliphatic imine (C=N–C) groups is 2. The van der Waals surface area contributed by atoms with Crippen molar-refractivity contribution in [3.8, 4) is 0 Å². The Hall–Kier alpha value is -2.93. The number of rotatable bonds is 4. The zero-order chi connectivity index (χ0) is 20.5. The van der Waals surface area contributed by atoms with Crippen LogP contribution in [0.25, 0.3) is 0 Å². The van der Waals surface area contributed by atoms with Gasteiger partial charge in [-0.1, -0.05) is 55.9 Å². The van der Waals surface area contributed by atoms with Gasteiger partial charge in [0.15, 0.2) is 5.17 Å². The van der Waals surface area contributed by atoms with Crippen LogP contribution in [-0.4, -0.2) is 39.0 Å². The molecule has 0 unspecified atom stereocenters. The maximum atomic E-state index is 13.1. The highest BCUT2D eigenvalue weighted by molar-refractivity contribution is 8.15. The first-order valence-electron chi connectivity index (χ1n) is 9.58. The molecular formula is C22H22N4O2S. The molecule has 0 spiro atoms. The monoisotopic (exact) mass is 406 g/mol. The van der Waals surface area contributed by atoms with Gasteiger partial charge in [-0.2, -0.15) is 0 Å². The quantitative estimate of drug-likeness (QED) is 0.832. The summed E-state index contributed by atoms with van der Waals surface area (Å²) in [4.78, 5) is 36.7.